The van der Waals surface area contributed by atoms with Crippen LogP contribution in [-0.2, 0) is 6.54 Å². The summed E-state index contributed by atoms with van der Waals surface area (Å²) in [6.07, 6.45) is 2.34. The Morgan fingerprint density at radius 3 is 2.40 bits per heavy atom. The van der Waals surface area contributed by atoms with Crippen LogP contribution in [0.3, 0.4) is 0 Å². The number of rotatable bonds is 9. The van der Waals surface area contributed by atoms with E-state index in [1.807, 2.05) is 0 Å². The van der Waals surface area contributed by atoms with Crippen LogP contribution in [0.1, 0.15) is 53.2 Å². The fourth-order valence-electron chi connectivity index (χ4n) is 2.53. The van der Waals surface area contributed by atoms with E-state index in [4.69, 9.17) is 4.98 Å². The zero-order valence-electron chi connectivity index (χ0n) is 13.8. The molecule has 20 heavy (non-hydrogen) atoms. The Kier molecular flexibility index (Phi) is 7.60. The molecule has 0 radical (unpaired) electrons. The van der Waals surface area contributed by atoms with Crippen molar-refractivity contribution in [1.29, 1.82) is 0 Å². The average Bonchev–Trinajstić information content (AvgIpc) is 2.45. The number of pyridine rings is 1. The van der Waals surface area contributed by atoms with Gasteiger partial charge in [-0.3, -0.25) is 0 Å². The molecule has 114 valence electrons. The van der Waals surface area contributed by atoms with Gasteiger partial charge in [0.25, 0.3) is 0 Å². The second kappa shape index (κ2) is 8.96. The topological polar surface area (TPSA) is 28.2 Å². The van der Waals surface area contributed by atoms with E-state index in [1.165, 1.54) is 12.8 Å². The summed E-state index contributed by atoms with van der Waals surface area (Å²) in [6.45, 7) is 14.1. The first-order chi connectivity index (χ1) is 9.62. The molecule has 1 N–H and O–H groups in total. The van der Waals surface area contributed by atoms with Crippen LogP contribution < -0.4 is 10.2 Å². The van der Waals surface area contributed by atoms with E-state index < -0.39 is 0 Å². The first kappa shape index (κ1) is 17.0. The Morgan fingerprint density at radius 1 is 1.15 bits per heavy atom. The van der Waals surface area contributed by atoms with Crippen LogP contribution in [0.4, 0.5) is 5.82 Å². The maximum Gasteiger partial charge on any atom is 0.129 e. The molecule has 1 aromatic rings. The van der Waals surface area contributed by atoms with Crippen molar-refractivity contribution in [3.8, 4) is 0 Å². The quantitative estimate of drug-likeness (QED) is 0.743. The predicted octanol–water partition coefficient (Wildman–Crippen LogP) is 3.84. The first-order valence-electron chi connectivity index (χ1n) is 8.05. The van der Waals surface area contributed by atoms with E-state index in [0.29, 0.717) is 12.0 Å². The number of nitrogens with zero attached hydrogens (tertiary/aromatic N) is 2. The fourth-order valence-corrected chi connectivity index (χ4v) is 2.53. The summed E-state index contributed by atoms with van der Waals surface area (Å²) in [7, 11) is 0. The summed E-state index contributed by atoms with van der Waals surface area (Å²) in [6, 6.07) is 6.97. The highest BCUT2D eigenvalue weighted by Crippen LogP contribution is 2.20. The maximum absolute atomic E-state index is 4.84. The van der Waals surface area contributed by atoms with Crippen molar-refractivity contribution in [3.63, 3.8) is 0 Å². The van der Waals surface area contributed by atoms with Gasteiger partial charge in [-0.15, -0.1) is 0 Å². The summed E-state index contributed by atoms with van der Waals surface area (Å²) in [5, 5.41) is 3.35. The van der Waals surface area contributed by atoms with Crippen LogP contribution in [0.25, 0.3) is 0 Å². The number of nitrogens with one attached hydrogen (secondary N) is 1. The zero-order chi connectivity index (χ0) is 15.0. The molecule has 0 aliphatic rings. The molecule has 0 unspecified atom stereocenters. The third-order valence-electron chi connectivity index (χ3n) is 3.59. The molecule has 0 amide bonds. The highest BCUT2D eigenvalue weighted by atomic mass is 15.2. The minimum Gasteiger partial charge on any atom is -0.353 e. The number of anilines is 1. The van der Waals surface area contributed by atoms with E-state index in [-0.39, 0.29) is 0 Å². The zero-order valence-corrected chi connectivity index (χ0v) is 13.8. The lowest BCUT2D eigenvalue weighted by molar-refractivity contribution is 0.502. The molecule has 0 aliphatic heterocycles. The van der Waals surface area contributed by atoms with E-state index in [0.717, 1.165) is 31.1 Å². The molecule has 3 heteroatoms. The average molecular weight is 277 g/mol. The van der Waals surface area contributed by atoms with Crippen LogP contribution in [0.2, 0.25) is 0 Å². The summed E-state index contributed by atoms with van der Waals surface area (Å²) >= 11 is 0. The van der Waals surface area contributed by atoms with Gasteiger partial charge in [-0.25, -0.2) is 4.98 Å². The summed E-state index contributed by atoms with van der Waals surface area (Å²) in [4.78, 5) is 7.33. The minimum atomic E-state index is 0.583. The van der Waals surface area contributed by atoms with E-state index in [2.05, 4.69) is 63.0 Å². The van der Waals surface area contributed by atoms with Crippen LogP contribution in [0, 0.1) is 5.92 Å². The van der Waals surface area contributed by atoms with Gasteiger partial charge < -0.3 is 10.2 Å². The molecule has 0 saturated heterocycles. The number of hydrogen-bond donors (Lipinski definition) is 1. The standard InChI is InChI=1S/C17H31N3/c1-6-16(7-2)20(13-14(4)5)17-11-9-10-15(19-17)12-18-8-3/h9-11,14,16,18H,6-8,12-13H2,1-5H3. The smallest absolute Gasteiger partial charge is 0.129 e. The number of hydrogen-bond acceptors (Lipinski definition) is 3. The molecular formula is C17H31N3. The van der Waals surface area contributed by atoms with Crippen molar-refractivity contribution >= 4 is 5.82 Å². The molecule has 0 atom stereocenters. The van der Waals surface area contributed by atoms with Gasteiger partial charge in [0.05, 0.1) is 5.69 Å². The van der Waals surface area contributed by atoms with E-state index in [9.17, 15) is 0 Å². The fraction of sp³-hybridized carbons (Fsp3) is 0.706. The van der Waals surface area contributed by atoms with Gasteiger partial charge in [-0.1, -0.05) is 40.7 Å². The molecule has 0 saturated carbocycles. The largest absolute Gasteiger partial charge is 0.353 e. The van der Waals surface area contributed by atoms with Crippen molar-refractivity contribution in [2.75, 3.05) is 18.0 Å². The highest BCUT2D eigenvalue weighted by Gasteiger charge is 2.18. The van der Waals surface area contributed by atoms with Gasteiger partial charge in [0.1, 0.15) is 5.82 Å². The number of aromatic nitrogens is 1. The van der Waals surface area contributed by atoms with Crippen LogP contribution in [-0.4, -0.2) is 24.1 Å². The molecule has 1 aromatic heterocycles. The van der Waals surface area contributed by atoms with Crippen LogP contribution in [0.15, 0.2) is 18.2 Å². The third-order valence-corrected chi connectivity index (χ3v) is 3.59. The Morgan fingerprint density at radius 2 is 1.85 bits per heavy atom. The molecule has 1 heterocycles. The van der Waals surface area contributed by atoms with Gasteiger partial charge in [0, 0.05) is 19.1 Å². The van der Waals surface area contributed by atoms with Crippen molar-refractivity contribution in [2.24, 2.45) is 5.92 Å². The summed E-state index contributed by atoms with van der Waals surface area (Å²) in [5.41, 5.74) is 1.13. The Labute approximate surface area is 124 Å². The molecular weight excluding hydrogens is 246 g/mol. The lowest BCUT2D eigenvalue weighted by Gasteiger charge is -2.33. The Bertz CT molecular complexity index is 372. The van der Waals surface area contributed by atoms with Gasteiger partial charge in [-0.2, -0.15) is 0 Å². The highest BCUT2D eigenvalue weighted by molar-refractivity contribution is 5.40. The molecule has 0 bridgehead atoms. The monoisotopic (exact) mass is 277 g/mol. The minimum absolute atomic E-state index is 0.583. The van der Waals surface area contributed by atoms with Gasteiger partial charge >= 0.3 is 0 Å². The normalized spacial score (nSPS) is 11.3. The lowest BCUT2D eigenvalue weighted by atomic mass is 10.1. The van der Waals surface area contributed by atoms with Crippen molar-refractivity contribution < 1.29 is 0 Å². The second-order valence-corrected chi connectivity index (χ2v) is 5.78. The predicted molar refractivity (Wildman–Crippen MR) is 88.2 cm³/mol. The molecule has 0 aliphatic carbocycles. The second-order valence-electron chi connectivity index (χ2n) is 5.78. The van der Waals surface area contributed by atoms with Crippen LogP contribution >= 0.6 is 0 Å². The van der Waals surface area contributed by atoms with Gasteiger partial charge in [0.15, 0.2) is 0 Å². The molecule has 3 nitrogen and oxygen atoms in total. The first-order valence-corrected chi connectivity index (χ1v) is 8.05. The van der Waals surface area contributed by atoms with E-state index in [1.54, 1.807) is 0 Å². The molecule has 1 rings (SSSR count). The lowest BCUT2D eigenvalue weighted by Crippen LogP contribution is -2.38. The van der Waals surface area contributed by atoms with Gasteiger partial charge in [0.2, 0.25) is 0 Å². The summed E-state index contributed by atoms with van der Waals surface area (Å²) < 4.78 is 0. The SMILES string of the molecule is CCNCc1cccc(N(CC(C)C)C(CC)CC)n1. The Balaban J connectivity index is 2.94. The van der Waals surface area contributed by atoms with Crippen molar-refractivity contribution in [3.05, 3.63) is 23.9 Å². The molecule has 0 fully saturated rings. The third kappa shape index (κ3) is 5.12. The van der Waals surface area contributed by atoms with Gasteiger partial charge in [-0.05, 0) is 37.4 Å². The van der Waals surface area contributed by atoms with E-state index >= 15 is 0 Å². The Hall–Kier alpha value is -1.09. The summed E-state index contributed by atoms with van der Waals surface area (Å²) in [5.74, 6) is 1.78. The van der Waals surface area contributed by atoms with Crippen molar-refractivity contribution in [1.82, 2.24) is 10.3 Å². The van der Waals surface area contributed by atoms with Crippen molar-refractivity contribution in [2.45, 2.75) is 60.0 Å². The molecule has 0 aromatic carbocycles. The molecule has 0 spiro atoms. The maximum atomic E-state index is 4.84. The van der Waals surface area contributed by atoms with Crippen LogP contribution in [0.5, 0.6) is 0 Å².